The first-order valence-electron chi connectivity index (χ1n) is 5.60. The van der Waals surface area contributed by atoms with Gasteiger partial charge < -0.3 is 9.55 Å². The molecular formula is C11H12BrN3S2. The Bertz CT molecular complexity index is 598. The summed E-state index contributed by atoms with van der Waals surface area (Å²) in [6.07, 6.45) is 4.43. The number of nitrogens with one attached hydrogen (secondary N) is 1. The molecule has 0 amide bonds. The summed E-state index contributed by atoms with van der Waals surface area (Å²) in [6.45, 7) is 0.970. The number of hydrogen-bond donors (Lipinski definition) is 1. The molecule has 2 aromatic rings. The van der Waals surface area contributed by atoms with Crippen molar-refractivity contribution in [2.45, 2.75) is 24.6 Å². The highest BCUT2D eigenvalue weighted by Crippen LogP contribution is 2.28. The fourth-order valence-corrected chi connectivity index (χ4v) is 4.04. The SMILES string of the molecule is S=c1[nH]c2cc(Br)cnc2n1CC1CCCS1. The first-order valence-corrected chi connectivity index (χ1v) is 7.85. The van der Waals surface area contributed by atoms with E-state index in [0.717, 1.165) is 27.0 Å². The number of imidazole rings is 1. The molecule has 0 aliphatic carbocycles. The van der Waals surface area contributed by atoms with Crippen molar-refractivity contribution in [2.75, 3.05) is 5.75 Å². The molecule has 1 saturated heterocycles. The normalized spacial score (nSPS) is 20.2. The van der Waals surface area contributed by atoms with E-state index in [1.165, 1.54) is 18.6 Å². The van der Waals surface area contributed by atoms with Crippen LogP contribution in [0.2, 0.25) is 0 Å². The standard InChI is InChI=1S/C11H12BrN3S2/c12-7-4-9-10(13-5-7)15(11(16)14-9)6-8-2-1-3-17-8/h4-5,8H,1-3,6H2,(H,14,16). The van der Waals surface area contributed by atoms with Crippen LogP contribution in [0.15, 0.2) is 16.7 Å². The lowest BCUT2D eigenvalue weighted by molar-refractivity contribution is 0.642. The Morgan fingerprint density at radius 3 is 3.29 bits per heavy atom. The molecular weight excluding hydrogens is 318 g/mol. The van der Waals surface area contributed by atoms with Gasteiger partial charge >= 0.3 is 0 Å². The Morgan fingerprint density at radius 2 is 2.53 bits per heavy atom. The van der Waals surface area contributed by atoms with Gasteiger partial charge in [-0.25, -0.2) is 4.98 Å². The summed E-state index contributed by atoms with van der Waals surface area (Å²) in [5, 5.41) is 0.686. The van der Waals surface area contributed by atoms with Crippen LogP contribution in [-0.2, 0) is 6.54 Å². The maximum atomic E-state index is 5.37. The van der Waals surface area contributed by atoms with Crippen molar-refractivity contribution in [3.63, 3.8) is 0 Å². The zero-order valence-electron chi connectivity index (χ0n) is 9.15. The summed E-state index contributed by atoms with van der Waals surface area (Å²) in [5.74, 6) is 1.28. The Balaban J connectivity index is 2.02. The van der Waals surface area contributed by atoms with Crippen LogP contribution in [0.5, 0.6) is 0 Å². The molecule has 1 unspecified atom stereocenters. The van der Waals surface area contributed by atoms with Gasteiger partial charge in [-0.3, -0.25) is 0 Å². The van der Waals surface area contributed by atoms with Crippen LogP contribution in [-0.4, -0.2) is 25.5 Å². The number of rotatable bonds is 2. The third-order valence-corrected chi connectivity index (χ3v) is 5.12. The predicted molar refractivity (Wildman–Crippen MR) is 78.1 cm³/mol. The summed E-state index contributed by atoms with van der Waals surface area (Å²) in [4.78, 5) is 7.67. The van der Waals surface area contributed by atoms with Crippen molar-refractivity contribution in [1.29, 1.82) is 0 Å². The quantitative estimate of drug-likeness (QED) is 0.852. The molecule has 1 aliphatic rings. The Labute approximate surface area is 117 Å². The van der Waals surface area contributed by atoms with Gasteiger partial charge in [-0.15, -0.1) is 0 Å². The average molecular weight is 330 g/mol. The number of aromatic nitrogens is 3. The summed E-state index contributed by atoms with van der Waals surface area (Å²) < 4.78 is 3.88. The molecule has 0 spiro atoms. The molecule has 1 N–H and O–H groups in total. The second-order valence-corrected chi connectivity index (χ2v) is 6.91. The van der Waals surface area contributed by atoms with Crippen molar-refractivity contribution in [3.8, 4) is 0 Å². The fraction of sp³-hybridized carbons (Fsp3) is 0.455. The highest BCUT2D eigenvalue weighted by atomic mass is 79.9. The Kier molecular flexibility index (Phi) is 3.28. The van der Waals surface area contributed by atoms with Crippen molar-refractivity contribution in [3.05, 3.63) is 21.5 Å². The second kappa shape index (κ2) is 4.74. The number of aromatic amines is 1. The molecule has 17 heavy (non-hydrogen) atoms. The molecule has 3 nitrogen and oxygen atoms in total. The molecule has 1 fully saturated rings. The minimum Gasteiger partial charge on any atom is -0.329 e. The number of thioether (sulfide) groups is 1. The number of halogens is 1. The molecule has 2 aromatic heterocycles. The lowest BCUT2D eigenvalue weighted by atomic mass is 10.2. The number of fused-ring (bicyclic) bond motifs is 1. The molecule has 0 aromatic carbocycles. The topological polar surface area (TPSA) is 33.6 Å². The van der Waals surface area contributed by atoms with E-state index in [9.17, 15) is 0 Å². The van der Waals surface area contributed by atoms with Crippen LogP contribution in [0.1, 0.15) is 12.8 Å². The van der Waals surface area contributed by atoms with E-state index in [1.807, 2.05) is 24.0 Å². The first kappa shape index (κ1) is 11.7. The molecule has 0 radical (unpaired) electrons. The maximum absolute atomic E-state index is 5.37. The van der Waals surface area contributed by atoms with Crippen LogP contribution in [0.3, 0.4) is 0 Å². The summed E-state index contributed by atoms with van der Waals surface area (Å²) >= 11 is 10.8. The van der Waals surface area contributed by atoms with Crippen LogP contribution in [0.25, 0.3) is 11.2 Å². The van der Waals surface area contributed by atoms with Gasteiger partial charge in [0.25, 0.3) is 0 Å². The van der Waals surface area contributed by atoms with E-state index >= 15 is 0 Å². The minimum atomic E-state index is 0.686. The van der Waals surface area contributed by atoms with E-state index in [4.69, 9.17) is 12.2 Å². The van der Waals surface area contributed by atoms with E-state index < -0.39 is 0 Å². The van der Waals surface area contributed by atoms with Gasteiger partial charge in [0.1, 0.15) is 0 Å². The average Bonchev–Trinajstić information content (AvgIpc) is 2.88. The smallest absolute Gasteiger partial charge is 0.179 e. The van der Waals surface area contributed by atoms with Crippen molar-refractivity contribution < 1.29 is 0 Å². The molecule has 0 saturated carbocycles. The van der Waals surface area contributed by atoms with E-state index in [-0.39, 0.29) is 0 Å². The van der Waals surface area contributed by atoms with Gasteiger partial charge in [0, 0.05) is 22.5 Å². The largest absolute Gasteiger partial charge is 0.329 e. The molecule has 3 rings (SSSR count). The number of hydrogen-bond acceptors (Lipinski definition) is 3. The third-order valence-electron chi connectivity index (χ3n) is 2.99. The van der Waals surface area contributed by atoms with Gasteiger partial charge in [0.05, 0.1) is 5.52 Å². The highest BCUT2D eigenvalue weighted by molar-refractivity contribution is 9.10. The van der Waals surface area contributed by atoms with Crippen LogP contribution >= 0.6 is 39.9 Å². The van der Waals surface area contributed by atoms with Crippen molar-refractivity contribution >= 4 is 51.1 Å². The fourth-order valence-electron chi connectivity index (χ4n) is 2.18. The summed E-state index contributed by atoms with van der Waals surface area (Å²) in [6, 6.07) is 2.02. The molecule has 1 aliphatic heterocycles. The van der Waals surface area contributed by atoms with Gasteiger partial charge in [0.2, 0.25) is 0 Å². The lowest BCUT2D eigenvalue weighted by Crippen LogP contribution is -2.10. The third kappa shape index (κ3) is 2.30. The monoisotopic (exact) mass is 329 g/mol. The lowest BCUT2D eigenvalue weighted by Gasteiger charge is -2.09. The van der Waals surface area contributed by atoms with Gasteiger partial charge in [-0.05, 0) is 52.8 Å². The first-order chi connectivity index (χ1) is 8.24. The van der Waals surface area contributed by atoms with Crippen LogP contribution in [0, 0.1) is 4.77 Å². The maximum Gasteiger partial charge on any atom is 0.179 e. The van der Waals surface area contributed by atoms with Crippen molar-refractivity contribution in [2.24, 2.45) is 0 Å². The van der Waals surface area contributed by atoms with Crippen LogP contribution < -0.4 is 0 Å². The number of nitrogens with zero attached hydrogens (tertiary/aromatic N) is 2. The molecule has 1 atom stereocenters. The second-order valence-electron chi connectivity index (χ2n) is 4.20. The van der Waals surface area contributed by atoms with E-state index in [0.29, 0.717) is 5.25 Å². The summed E-state index contributed by atoms with van der Waals surface area (Å²) in [5.41, 5.74) is 1.97. The zero-order chi connectivity index (χ0) is 11.8. The minimum absolute atomic E-state index is 0.686. The molecule has 6 heteroatoms. The van der Waals surface area contributed by atoms with Gasteiger partial charge in [-0.2, -0.15) is 11.8 Å². The summed E-state index contributed by atoms with van der Waals surface area (Å²) in [7, 11) is 0. The van der Waals surface area contributed by atoms with E-state index in [2.05, 4.69) is 30.5 Å². The predicted octanol–water partition coefficient (Wildman–Crippen LogP) is 3.75. The Morgan fingerprint density at radius 1 is 1.65 bits per heavy atom. The number of pyridine rings is 1. The number of H-pyrrole nitrogens is 1. The molecule has 90 valence electrons. The van der Waals surface area contributed by atoms with E-state index in [1.54, 1.807) is 0 Å². The zero-order valence-corrected chi connectivity index (χ0v) is 12.4. The molecule has 0 bridgehead atoms. The highest BCUT2D eigenvalue weighted by Gasteiger charge is 2.18. The van der Waals surface area contributed by atoms with Crippen LogP contribution in [0.4, 0.5) is 0 Å². The Hall–Kier alpha value is -0.330. The van der Waals surface area contributed by atoms with Gasteiger partial charge in [0.15, 0.2) is 10.4 Å². The van der Waals surface area contributed by atoms with Crippen molar-refractivity contribution in [1.82, 2.24) is 14.5 Å². The van der Waals surface area contributed by atoms with Gasteiger partial charge in [-0.1, -0.05) is 0 Å². The molecule has 3 heterocycles.